The van der Waals surface area contributed by atoms with Crippen molar-refractivity contribution in [1.82, 2.24) is 4.90 Å². The molecule has 98 valence electrons. The lowest BCUT2D eigenvalue weighted by Crippen LogP contribution is -2.38. The molecule has 18 heavy (non-hydrogen) atoms. The first-order chi connectivity index (χ1) is 8.40. The van der Waals surface area contributed by atoms with Gasteiger partial charge in [0.25, 0.3) is 0 Å². The minimum Gasteiger partial charge on any atom is -0.491 e. The Morgan fingerprint density at radius 3 is 2.72 bits per heavy atom. The number of rotatable bonds is 4. The number of halogens is 1. The second-order valence-electron chi connectivity index (χ2n) is 3.91. The Kier molecular flexibility index (Phi) is 6.51. The SMILES string of the molecule is Cl.N#Cc1ccccc1OCCN1CCOCC1. The molecule has 1 saturated heterocycles. The van der Waals surface area contributed by atoms with Crippen LogP contribution in [0.3, 0.4) is 0 Å². The number of ether oxygens (including phenoxy) is 2. The molecular weight excluding hydrogens is 252 g/mol. The molecule has 0 amide bonds. The molecular formula is C13H17ClN2O2. The van der Waals surface area contributed by atoms with Crippen LogP contribution in [-0.2, 0) is 4.74 Å². The zero-order valence-electron chi connectivity index (χ0n) is 10.2. The highest BCUT2D eigenvalue weighted by atomic mass is 35.5. The summed E-state index contributed by atoms with van der Waals surface area (Å²) in [5.74, 6) is 0.670. The van der Waals surface area contributed by atoms with Gasteiger partial charge in [0.15, 0.2) is 0 Å². The van der Waals surface area contributed by atoms with Gasteiger partial charge in [-0.2, -0.15) is 5.26 Å². The molecule has 0 spiro atoms. The van der Waals surface area contributed by atoms with E-state index in [4.69, 9.17) is 14.7 Å². The van der Waals surface area contributed by atoms with E-state index in [1.165, 1.54) is 0 Å². The van der Waals surface area contributed by atoms with E-state index in [0.29, 0.717) is 17.9 Å². The molecule has 1 aliphatic heterocycles. The molecule has 0 atom stereocenters. The maximum Gasteiger partial charge on any atom is 0.137 e. The Morgan fingerprint density at radius 2 is 2.00 bits per heavy atom. The van der Waals surface area contributed by atoms with Gasteiger partial charge in [0.2, 0.25) is 0 Å². The molecule has 0 N–H and O–H groups in total. The number of hydrogen-bond donors (Lipinski definition) is 0. The normalized spacial score (nSPS) is 15.5. The molecule has 0 aromatic heterocycles. The maximum atomic E-state index is 8.91. The predicted octanol–water partition coefficient (Wildman–Crippen LogP) is 1.69. The molecule has 1 fully saturated rings. The third-order valence-corrected chi connectivity index (χ3v) is 2.78. The fraction of sp³-hybridized carbons (Fsp3) is 0.462. The highest BCUT2D eigenvalue weighted by molar-refractivity contribution is 5.85. The van der Waals surface area contributed by atoms with Crippen LogP contribution in [0.2, 0.25) is 0 Å². The van der Waals surface area contributed by atoms with Crippen LogP contribution in [0.25, 0.3) is 0 Å². The van der Waals surface area contributed by atoms with Gasteiger partial charge in [0, 0.05) is 19.6 Å². The summed E-state index contributed by atoms with van der Waals surface area (Å²) in [6.45, 7) is 5.01. The van der Waals surface area contributed by atoms with Gasteiger partial charge in [0.1, 0.15) is 18.4 Å². The first kappa shape index (κ1) is 14.8. The van der Waals surface area contributed by atoms with Crippen molar-refractivity contribution >= 4 is 12.4 Å². The molecule has 0 radical (unpaired) electrons. The topological polar surface area (TPSA) is 45.5 Å². The molecule has 5 heteroatoms. The van der Waals surface area contributed by atoms with Crippen LogP contribution in [0.4, 0.5) is 0 Å². The van der Waals surface area contributed by atoms with Gasteiger partial charge in [-0.05, 0) is 12.1 Å². The Balaban J connectivity index is 0.00000162. The van der Waals surface area contributed by atoms with Gasteiger partial charge in [-0.15, -0.1) is 12.4 Å². The predicted molar refractivity (Wildman–Crippen MR) is 71.2 cm³/mol. The lowest BCUT2D eigenvalue weighted by Gasteiger charge is -2.26. The molecule has 1 aromatic rings. The average Bonchev–Trinajstić information content (AvgIpc) is 2.40. The van der Waals surface area contributed by atoms with Gasteiger partial charge in [-0.1, -0.05) is 12.1 Å². The van der Waals surface area contributed by atoms with Gasteiger partial charge in [-0.3, -0.25) is 4.90 Å². The van der Waals surface area contributed by atoms with Crippen molar-refractivity contribution in [2.45, 2.75) is 0 Å². The molecule has 0 aliphatic carbocycles. The third kappa shape index (κ3) is 4.19. The second kappa shape index (κ2) is 7.93. The van der Waals surface area contributed by atoms with Crippen molar-refractivity contribution in [2.24, 2.45) is 0 Å². The standard InChI is InChI=1S/C13H16N2O2.ClH/c14-11-12-3-1-2-4-13(12)17-10-7-15-5-8-16-9-6-15;/h1-4H,5-10H2;1H. The third-order valence-electron chi connectivity index (χ3n) is 2.78. The zero-order valence-corrected chi connectivity index (χ0v) is 11.0. The summed E-state index contributed by atoms with van der Waals surface area (Å²) in [6.07, 6.45) is 0. The summed E-state index contributed by atoms with van der Waals surface area (Å²) in [4.78, 5) is 2.30. The lowest BCUT2D eigenvalue weighted by molar-refractivity contribution is 0.0322. The van der Waals surface area contributed by atoms with Crippen LogP contribution < -0.4 is 4.74 Å². The summed E-state index contributed by atoms with van der Waals surface area (Å²) in [5.41, 5.74) is 0.592. The van der Waals surface area contributed by atoms with E-state index < -0.39 is 0 Å². The average molecular weight is 269 g/mol. The largest absolute Gasteiger partial charge is 0.491 e. The maximum absolute atomic E-state index is 8.91. The van der Waals surface area contributed by atoms with E-state index in [2.05, 4.69) is 11.0 Å². The fourth-order valence-corrected chi connectivity index (χ4v) is 1.79. The summed E-state index contributed by atoms with van der Waals surface area (Å²) in [6, 6.07) is 9.45. The second-order valence-corrected chi connectivity index (χ2v) is 3.91. The van der Waals surface area contributed by atoms with Crippen molar-refractivity contribution in [3.8, 4) is 11.8 Å². The summed E-state index contributed by atoms with van der Waals surface area (Å²) >= 11 is 0. The Labute approximate surface area is 114 Å². The van der Waals surface area contributed by atoms with Gasteiger partial charge in [0.05, 0.1) is 18.8 Å². The zero-order chi connectivity index (χ0) is 11.9. The first-order valence-corrected chi connectivity index (χ1v) is 5.82. The summed E-state index contributed by atoms with van der Waals surface area (Å²) in [7, 11) is 0. The van der Waals surface area contributed by atoms with Crippen molar-refractivity contribution < 1.29 is 9.47 Å². The quantitative estimate of drug-likeness (QED) is 0.834. The minimum atomic E-state index is 0. The van der Waals surface area contributed by atoms with Gasteiger partial charge in [-0.25, -0.2) is 0 Å². The molecule has 1 heterocycles. The molecule has 0 saturated carbocycles. The monoisotopic (exact) mass is 268 g/mol. The fourth-order valence-electron chi connectivity index (χ4n) is 1.79. The van der Waals surface area contributed by atoms with Crippen molar-refractivity contribution in [2.75, 3.05) is 39.5 Å². The van der Waals surface area contributed by atoms with E-state index in [-0.39, 0.29) is 12.4 Å². The van der Waals surface area contributed by atoms with Crippen molar-refractivity contribution in [3.05, 3.63) is 29.8 Å². The van der Waals surface area contributed by atoms with Crippen LogP contribution in [0, 0.1) is 11.3 Å². The number of morpholine rings is 1. The van der Waals surface area contributed by atoms with Crippen LogP contribution in [0.1, 0.15) is 5.56 Å². The lowest BCUT2D eigenvalue weighted by atomic mass is 10.2. The molecule has 1 aliphatic rings. The molecule has 0 bridgehead atoms. The van der Waals surface area contributed by atoms with Crippen LogP contribution in [-0.4, -0.2) is 44.4 Å². The number of hydrogen-bond acceptors (Lipinski definition) is 4. The smallest absolute Gasteiger partial charge is 0.137 e. The summed E-state index contributed by atoms with van der Waals surface area (Å²) < 4.78 is 10.9. The van der Waals surface area contributed by atoms with Crippen molar-refractivity contribution in [3.63, 3.8) is 0 Å². The van der Waals surface area contributed by atoms with Crippen LogP contribution >= 0.6 is 12.4 Å². The molecule has 4 nitrogen and oxygen atoms in total. The minimum absolute atomic E-state index is 0. The molecule has 2 rings (SSSR count). The Morgan fingerprint density at radius 1 is 1.28 bits per heavy atom. The summed E-state index contributed by atoms with van der Waals surface area (Å²) in [5, 5.41) is 8.91. The Hall–Kier alpha value is -1.28. The molecule has 1 aromatic carbocycles. The van der Waals surface area contributed by atoms with E-state index >= 15 is 0 Å². The van der Waals surface area contributed by atoms with Crippen molar-refractivity contribution in [1.29, 1.82) is 5.26 Å². The number of nitriles is 1. The van der Waals surface area contributed by atoms with E-state index in [1.807, 2.05) is 18.2 Å². The Bertz CT molecular complexity index is 400. The van der Waals surface area contributed by atoms with Gasteiger partial charge < -0.3 is 9.47 Å². The highest BCUT2D eigenvalue weighted by Crippen LogP contribution is 2.16. The van der Waals surface area contributed by atoms with Crippen LogP contribution in [0.5, 0.6) is 5.75 Å². The first-order valence-electron chi connectivity index (χ1n) is 5.82. The van der Waals surface area contributed by atoms with E-state index in [1.54, 1.807) is 6.07 Å². The van der Waals surface area contributed by atoms with E-state index in [9.17, 15) is 0 Å². The van der Waals surface area contributed by atoms with E-state index in [0.717, 1.165) is 32.8 Å². The number of benzene rings is 1. The highest BCUT2D eigenvalue weighted by Gasteiger charge is 2.10. The molecule has 0 unspecified atom stereocenters. The van der Waals surface area contributed by atoms with Gasteiger partial charge >= 0.3 is 0 Å². The van der Waals surface area contributed by atoms with Crippen LogP contribution in [0.15, 0.2) is 24.3 Å². The number of para-hydroxylation sites is 1. The number of nitrogens with zero attached hydrogens (tertiary/aromatic N) is 2.